The van der Waals surface area contributed by atoms with Gasteiger partial charge in [-0.2, -0.15) is 15.4 Å². The number of allylic oxidation sites excluding steroid dienone is 2. The molecule has 9 nitrogen and oxygen atoms in total. The van der Waals surface area contributed by atoms with Crippen LogP contribution in [0, 0.1) is 5.82 Å². The first kappa shape index (κ1) is 21.2. The number of aromatic amines is 1. The van der Waals surface area contributed by atoms with Crippen LogP contribution in [0.3, 0.4) is 0 Å². The molecule has 0 radical (unpaired) electrons. The number of rotatable bonds is 2. The molecule has 2 fully saturated rings. The van der Waals surface area contributed by atoms with Gasteiger partial charge in [-0.15, -0.1) is 0 Å². The molecule has 3 aromatic rings. The minimum absolute atomic E-state index is 0.0740. The molecule has 2 aromatic carbocycles. The topological polar surface area (TPSA) is 111 Å². The lowest BCUT2D eigenvalue weighted by atomic mass is 9.87. The number of H-pyrrole nitrogens is 1. The molecule has 6 rings (SSSR count). The Bertz CT molecular complexity index is 1440. The van der Waals surface area contributed by atoms with E-state index in [9.17, 15) is 18.8 Å². The summed E-state index contributed by atoms with van der Waals surface area (Å²) in [5, 5.41) is 13.4. The first-order valence-electron chi connectivity index (χ1n) is 11.4. The number of piperazine rings is 1. The maximum absolute atomic E-state index is 14.4. The number of nitrogens with zero attached hydrogens (tertiary/aromatic N) is 4. The SMILES string of the molecule is O=C1NC2=CCC(c3ccccc3F)C=C2C(=O)N2CCN(C(=O)c3ccc4n[nH]nc4c3)CC12. The van der Waals surface area contributed by atoms with Crippen molar-refractivity contribution in [2.75, 3.05) is 19.6 Å². The van der Waals surface area contributed by atoms with E-state index >= 15 is 0 Å². The van der Waals surface area contributed by atoms with Crippen LogP contribution in [0.15, 0.2) is 65.9 Å². The molecule has 176 valence electrons. The Kier molecular flexibility index (Phi) is 4.94. The summed E-state index contributed by atoms with van der Waals surface area (Å²) in [6.45, 7) is 0.572. The molecule has 0 spiro atoms. The molecule has 1 aromatic heterocycles. The van der Waals surface area contributed by atoms with Crippen LogP contribution in [0.5, 0.6) is 0 Å². The zero-order valence-electron chi connectivity index (χ0n) is 18.6. The predicted molar refractivity (Wildman–Crippen MR) is 123 cm³/mol. The molecular formula is C25H21FN6O3. The van der Waals surface area contributed by atoms with Gasteiger partial charge in [-0.05, 0) is 36.2 Å². The van der Waals surface area contributed by atoms with Crippen LogP contribution in [0.25, 0.3) is 11.0 Å². The van der Waals surface area contributed by atoms with Crippen LogP contribution in [0.2, 0.25) is 0 Å². The highest BCUT2D eigenvalue weighted by molar-refractivity contribution is 6.05. The van der Waals surface area contributed by atoms with E-state index in [2.05, 4.69) is 20.7 Å². The van der Waals surface area contributed by atoms with Gasteiger partial charge in [0.15, 0.2) is 0 Å². The first-order chi connectivity index (χ1) is 17.0. The average Bonchev–Trinajstić information content (AvgIpc) is 3.32. The fraction of sp³-hybridized carbons (Fsp3) is 0.240. The second-order valence-electron chi connectivity index (χ2n) is 8.84. The third-order valence-electron chi connectivity index (χ3n) is 6.82. The highest BCUT2D eigenvalue weighted by Gasteiger charge is 2.42. The van der Waals surface area contributed by atoms with E-state index in [-0.39, 0.29) is 49.1 Å². The van der Waals surface area contributed by atoms with Crippen LogP contribution < -0.4 is 5.32 Å². The van der Waals surface area contributed by atoms with Gasteiger partial charge < -0.3 is 15.1 Å². The third kappa shape index (κ3) is 3.58. The quantitative estimate of drug-likeness (QED) is 0.592. The number of fused-ring (bicyclic) bond motifs is 3. The Labute approximate surface area is 199 Å². The largest absolute Gasteiger partial charge is 0.334 e. The molecule has 0 saturated carbocycles. The maximum atomic E-state index is 14.4. The molecule has 3 heterocycles. The number of hydrogen-bond acceptors (Lipinski definition) is 5. The van der Waals surface area contributed by atoms with Crippen molar-refractivity contribution in [3.8, 4) is 0 Å². The summed E-state index contributed by atoms with van der Waals surface area (Å²) >= 11 is 0. The van der Waals surface area contributed by atoms with Crippen molar-refractivity contribution in [3.63, 3.8) is 0 Å². The Morgan fingerprint density at radius 3 is 2.74 bits per heavy atom. The molecule has 35 heavy (non-hydrogen) atoms. The van der Waals surface area contributed by atoms with Crippen molar-refractivity contribution in [1.29, 1.82) is 0 Å². The van der Waals surface area contributed by atoms with Crippen molar-refractivity contribution in [2.45, 2.75) is 18.4 Å². The molecule has 2 atom stereocenters. The molecule has 3 aliphatic rings. The summed E-state index contributed by atoms with van der Waals surface area (Å²) in [5.74, 6) is -1.51. The van der Waals surface area contributed by atoms with Gasteiger partial charge in [0.25, 0.3) is 11.8 Å². The van der Waals surface area contributed by atoms with E-state index in [1.54, 1.807) is 53.5 Å². The summed E-state index contributed by atoms with van der Waals surface area (Å²) in [4.78, 5) is 42.9. The number of amides is 3. The summed E-state index contributed by atoms with van der Waals surface area (Å²) in [6.07, 6.45) is 3.98. The van der Waals surface area contributed by atoms with Gasteiger partial charge in [0.05, 0.1) is 12.1 Å². The smallest absolute Gasteiger partial charge is 0.256 e. The molecule has 2 aliphatic heterocycles. The lowest BCUT2D eigenvalue weighted by Gasteiger charge is -2.39. The minimum atomic E-state index is -0.824. The van der Waals surface area contributed by atoms with Crippen LogP contribution >= 0.6 is 0 Å². The lowest BCUT2D eigenvalue weighted by Crippen LogP contribution is -2.60. The summed E-state index contributed by atoms with van der Waals surface area (Å²) in [5.41, 5.74) is 2.97. The van der Waals surface area contributed by atoms with Crippen LogP contribution in [-0.2, 0) is 9.59 Å². The van der Waals surface area contributed by atoms with Crippen LogP contribution in [-0.4, -0.2) is 68.6 Å². The van der Waals surface area contributed by atoms with Gasteiger partial charge in [-0.25, -0.2) is 4.39 Å². The number of benzene rings is 2. The van der Waals surface area contributed by atoms with E-state index < -0.39 is 6.04 Å². The Morgan fingerprint density at radius 2 is 1.89 bits per heavy atom. The van der Waals surface area contributed by atoms with Crippen molar-refractivity contribution in [3.05, 3.63) is 82.8 Å². The van der Waals surface area contributed by atoms with Crippen molar-refractivity contribution in [2.24, 2.45) is 0 Å². The zero-order valence-corrected chi connectivity index (χ0v) is 18.6. The van der Waals surface area contributed by atoms with Crippen LogP contribution in [0.1, 0.15) is 28.3 Å². The molecule has 0 bridgehead atoms. The van der Waals surface area contributed by atoms with E-state index in [0.29, 0.717) is 39.9 Å². The van der Waals surface area contributed by atoms with Crippen molar-refractivity contribution in [1.82, 2.24) is 30.5 Å². The van der Waals surface area contributed by atoms with Gasteiger partial charge in [-0.3, -0.25) is 14.4 Å². The Balaban J connectivity index is 1.26. The maximum Gasteiger partial charge on any atom is 0.256 e. The number of carbonyl (C=O) groups is 3. The highest BCUT2D eigenvalue weighted by atomic mass is 19.1. The Hall–Kier alpha value is -4.34. The second-order valence-corrected chi connectivity index (χ2v) is 8.84. The normalized spacial score (nSPS) is 22.1. The van der Waals surface area contributed by atoms with E-state index in [1.807, 2.05) is 0 Å². The minimum Gasteiger partial charge on any atom is -0.334 e. The summed E-state index contributed by atoms with van der Waals surface area (Å²) < 4.78 is 14.4. The summed E-state index contributed by atoms with van der Waals surface area (Å²) in [6, 6.07) is 10.7. The molecule has 2 saturated heterocycles. The standard InChI is InChI=1S/C25H21FN6O3/c26-18-4-2-1-3-16(18)14-5-7-19-17(11-14)25(35)32-10-9-31(13-22(32)23(33)27-19)24(34)15-6-8-20-21(12-15)29-30-28-20/h1-4,6-8,11-12,14,22H,5,9-10,13H2,(H,27,33)(H,28,29,30). The highest BCUT2D eigenvalue weighted by Crippen LogP contribution is 2.34. The van der Waals surface area contributed by atoms with E-state index in [0.717, 1.165) is 0 Å². The number of hydrogen-bond donors (Lipinski definition) is 2. The first-order valence-corrected chi connectivity index (χ1v) is 11.4. The third-order valence-corrected chi connectivity index (χ3v) is 6.82. The molecule has 2 unspecified atom stereocenters. The second kappa shape index (κ2) is 8.15. The Morgan fingerprint density at radius 1 is 1.06 bits per heavy atom. The van der Waals surface area contributed by atoms with Gasteiger partial charge in [0, 0.05) is 30.3 Å². The van der Waals surface area contributed by atoms with Crippen LogP contribution in [0.4, 0.5) is 4.39 Å². The fourth-order valence-electron chi connectivity index (χ4n) is 4.97. The molecule has 1 aliphatic carbocycles. The zero-order chi connectivity index (χ0) is 24.1. The molecule has 3 amide bonds. The fourth-order valence-corrected chi connectivity index (χ4v) is 4.97. The molecular weight excluding hydrogens is 451 g/mol. The lowest BCUT2D eigenvalue weighted by molar-refractivity contribution is -0.138. The van der Waals surface area contributed by atoms with Gasteiger partial charge in [0.1, 0.15) is 22.9 Å². The van der Waals surface area contributed by atoms with Gasteiger partial charge >= 0.3 is 0 Å². The number of aromatic nitrogens is 3. The average molecular weight is 472 g/mol. The van der Waals surface area contributed by atoms with Crippen molar-refractivity contribution < 1.29 is 18.8 Å². The van der Waals surface area contributed by atoms with Crippen molar-refractivity contribution >= 4 is 28.8 Å². The summed E-state index contributed by atoms with van der Waals surface area (Å²) in [7, 11) is 0. The van der Waals surface area contributed by atoms with E-state index in [1.165, 1.54) is 11.0 Å². The number of carbonyl (C=O) groups excluding carboxylic acids is 3. The molecule has 2 N–H and O–H groups in total. The van der Waals surface area contributed by atoms with E-state index in [4.69, 9.17) is 0 Å². The number of nitrogens with one attached hydrogen (secondary N) is 2. The molecule has 10 heteroatoms. The van der Waals surface area contributed by atoms with Gasteiger partial charge in [0.2, 0.25) is 5.91 Å². The monoisotopic (exact) mass is 472 g/mol. The predicted octanol–water partition coefficient (Wildman–Crippen LogP) is 1.88. The van der Waals surface area contributed by atoms with Gasteiger partial charge in [-0.1, -0.05) is 30.4 Å². The number of halogens is 1.